The monoisotopic (exact) mass is 439 g/mol. The van der Waals surface area contributed by atoms with Crippen LogP contribution in [0.25, 0.3) is 0 Å². The van der Waals surface area contributed by atoms with Gasteiger partial charge in [0, 0.05) is 12.2 Å². The molecule has 1 aliphatic rings. The lowest BCUT2D eigenvalue weighted by Gasteiger charge is -2.11. The minimum Gasteiger partial charge on any atom is -0.409 e. The molecule has 0 bridgehead atoms. The Hall–Kier alpha value is -3.51. The van der Waals surface area contributed by atoms with Crippen LogP contribution in [0.5, 0.6) is 0 Å². The van der Waals surface area contributed by atoms with Crippen molar-refractivity contribution in [1.29, 1.82) is 0 Å². The smallest absolute Gasteiger partial charge is 0.232 e. The average molecular weight is 440 g/mol. The van der Waals surface area contributed by atoms with Crippen molar-refractivity contribution in [2.24, 2.45) is 15.6 Å². The van der Waals surface area contributed by atoms with Crippen LogP contribution >= 0.6 is 15.9 Å². The molecular formula is C13H11BrFN9O3. The first kappa shape index (κ1) is 18.3. The van der Waals surface area contributed by atoms with E-state index < -0.39 is 5.82 Å². The average Bonchev–Trinajstić information content (AvgIpc) is 3.32. The molecule has 4 N–H and O–H groups in total. The number of hydrogen-bond acceptors (Lipinski definition) is 11. The van der Waals surface area contributed by atoms with Gasteiger partial charge in [0.05, 0.1) is 11.0 Å². The Balaban J connectivity index is 1.66. The molecule has 0 saturated heterocycles. The Morgan fingerprint density at radius 2 is 2.33 bits per heavy atom. The van der Waals surface area contributed by atoms with Gasteiger partial charge < -0.3 is 15.8 Å². The van der Waals surface area contributed by atoms with E-state index in [1.165, 1.54) is 23.2 Å². The van der Waals surface area contributed by atoms with Crippen molar-refractivity contribution in [2.45, 2.75) is 0 Å². The van der Waals surface area contributed by atoms with Crippen molar-refractivity contribution >= 4 is 39.2 Å². The van der Waals surface area contributed by atoms with Gasteiger partial charge in [0.15, 0.2) is 11.6 Å². The van der Waals surface area contributed by atoms with Crippen molar-refractivity contribution in [1.82, 2.24) is 20.7 Å². The van der Waals surface area contributed by atoms with Crippen LogP contribution in [-0.2, 0) is 4.79 Å². The Morgan fingerprint density at radius 3 is 3.07 bits per heavy atom. The largest absolute Gasteiger partial charge is 0.409 e. The van der Waals surface area contributed by atoms with Gasteiger partial charge in [-0.05, 0) is 54.9 Å². The van der Waals surface area contributed by atoms with Gasteiger partial charge >= 0.3 is 0 Å². The lowest BCUT2D eigenvalue weighted by Crippen LogP contribution is -2.25. The fourth-order valence-electron chi connectivity index (χ4n) is 2.04. The van der Waals surface area contributed by atoms with Crippen LogP contribution in [0.15, 0.2) is 48.7 Å². The molecule has 0 amide bonds. The van der Waals surface area contributed by atoms with Gasteiger partial charge in [-0.15, -0.1) is 0 Å². The van der Waals surface area contributed by atoms with Gasteiger partial charge in [0.2, 0.25) is 17.5 Å². The minimum absolute atomic E-state index is 0.0757. The second-order valence-electron chi connectivity index (χ2n) is 4.97. The maximum Gasteiger partial charge on any atom is 0.232 e. The van der Waals surface area contributed by atoms with E-state index in [1.807, 2.05) is 0 Å². The topological polar surface area (TPSA) is 153 Å². The maximum atomic E-state index is 13.3. The van der Waals surface area contributed by atoms with E-state index in [9.17, 15) is 14.4 Å². The summed E-state index contributed by atoms with van der Waals surface area (Å²) in [6.07, 6.45) is 0. The summed E-state index contributed by atoms with van der Waals surface area (Å²) in [5, 5.41) is 33.9. The molecular weight excluding hydrogens is 429 g/mol. The molecule has 1 aliphatic heterocycles. The van der Waals surface area contributed by atoms with Crippen LogP contribution in [0.2, 0.25) is 0 Å². The summed E-state index contributed by atoms with van der Waals surface area (Å²) < 4.78 is 18.2. The van der Waals surface area contributed by atoms with Gasteiger partial charge in [-0.3, -0.25) is 0 Å². The normalized spacial score (nSPS) is 13.5. The molecule has 1 aromatic heterocycles. The zero-order chi connectivity index (χ0) is 19.2. The second kappa shape index (κ2) is 8.25. The second-order valence-corrected chi connectivity index (χ2v) is 5.82. The number of carbonyl (C=O) groups excluding carboxylic acids is 1. The number of oxime groups is 1. The highest BCUT2D eigenvalue weighted by Gasteiger charge is 2.19. The molecule has 140 valence electrons. The molecule has 2 heterocycles. The third-order valence-electron chi connectivity index (χ3n) is 3.27. The van der Waals surface area contributed by atoms with Crippen molar-refractivity contribution in [3.63, 3.8) is 0 Å². The molecule has 2 aromatic rings. The first-order chi connectivity index (χ1) is 13.1. The highest BCUT2D eigenvalue weighted by atomic mass is 79.9. The third kappa shape index (κ3) is 4.19. The number of amidine groups is 1. The minimum atomic E-state index is -0.439. The molecule has 0 aliphatic carbocycles. The standard InChI is InChI=1S/C13H11BrFN9O3/c14-8-5-7(1-2-9(8)15)17-13(19-26)11-12(21-27-20-11)16-3-4-24-10(6-25)18-22-23-24/h1-2,5,26H,3-4H2,(H,16,21)(H,17,19)(H,18,23). The molecule has 0 radical (unpaired) electrons. The van der Waals surface area contributed by atoms with E-state index in [0.29, 0.717) is 5.69 Å². The van der Waals surface area contributed by atoms with Gasteiger partial charge in [-0.1, -0.05) is 5.16 Å². The molecule has 14 heteroatoms. The summed E-state index contributed by atoms with van der Waals surface area (Å²) in [5.41, 5.74) is 2.91. The lowest BCUT2D eigenvalue weighted by molar-refractivity contribution is 0.304. The van der Waals surface area contributed by atoms with Crippen molar-refractivity contribution in [2.75, 3.05) is 23.7 Å². The quantitative estimate of drug-likeness (QED) is 0.172. The number of benzene rings is 1. The van der Waals surface area contributed by atoms with Gasteiger partial charge in [-0.2, -0.15) is 0 Å². The molecule has 0 atom stereocenters. The van der Waals surface area contributed by atoms with Crippen molar-refractivity contribution in [3.8, 4) is 0 Å². The Labute approximate surface area is 158 Å². The molecule has 27 heavy (non-hydrogen) atoms. The van der Waals surface area contributed by atoms with Gasteiger partial charge in [-0.25, -0.2) is 24.2 Å². The maximum absolute atomic E-state index is 13.3. The summed E-state index contributed by atoms with van der Waals surface area (Å²) in [6, 6.07) is 4.14. The highest BCUT2D eigenvalue weighted by molar-refractivity contribution is 9.10. The van der Waals surface area contributed by atoms with E-state index in [4.69, 9.17) is 0 Å². The number of rotatable bonds is 6. The predicted octanol–water partition coefficient (Wildman–Crippen LogP) is 1.49. The van der Waals surface area contributed by atoms with Crippen LogP contribution in [0, 0.1) is 5.82 Å². The predicted molar refractivity (Wildman–Crippen MR) is 92.7 cm³/mol. The molecule has 3 rings (SSSR count). The molecule has 0 unspecified atom stereocenters. The molecule has 0 saturated carbocycles. The number of anilines is 2. The Morgan fingerprint density at radius 1 is 1.48 bits per heavy atom. The zero-order valence-electron chi connectivity index (χ0n) is 13.3. The summed E-state index contributed by atoms with van der Waals surface area (Å²) in [4.78, 5) is 10.7. The fraction of sp³-hybridized carbons (Fsp3) is 0.154. The number of hydrogen-bond donors (Lipinski definition) is 4. The highest BCUT2D eigenvalue weighted by Crippen LogP contribution is 2.21. The van der Waals surface area contributed by atoms with E-state index in [1.54, 1.807) is 5.94 Å². The summed E-state index contributed by atoms with van der Waals surface area (Å²) in [7, 11) is 0. The summed E-state index contributed by atoms with van der Waals surface area (Å²) >= 11 is 3.07. The molecule has 12 nitrogen and oxygen atoms in total. The first-order valence-electron chi connectivity index (χ1n) is 7.32. The lowest BCUT2D eigenvalue weighted by atomic mass is 10.3. The van der Waals surface area contributed by atoms with Crippen LogP contribution in [0.4, 0.5) is 15.9 Å². The van der Waals surface area contributed by atoms with Crippen LogP contribution in [0.1, 0.15) is 5.69 Å². The molecule has 0 spiro atoms. The SMILES string of the molecule is O=C=C1NN=NN1CCNc1nonc1C(=NO)Nc1ccc(F)c(Br)c1. The number of nitrogens with zero attached hydrogens (tertiary/aromatic N) is 6. The van der Waals surface area contributed by atoms with Crippen molar-refractivity contribution < 1.29 is 19.0 Å². The van der Waals surface area contributed by atoms with Gasteiger partial charge in [0.25, 0.3) is 0 Å². The summed E-state index contributed by atoms with van der Waals surface area (Å²) in [5.74, 6) is 1.40. The van der Waals surface area contributed by atoms with E-state index in [0.717, 1.165) is 0 Å². The third-order valence-corrected chi connectivity index (χ3v) is 3.88. The van der Waals surface area contributed by atoms with Crippen molar-refractivity contribution in [3.05, 3.63) is 40.0 Å². The van der Waals surface area contributed by atoms with E-state index in [-0.39, 0.29) is 40.7 Å². The van der Waals surface area contributed by atoms with E-state index in [2.05, 4.69) is 62.5 Å². The Bertz CT molecular complexity index is 941. The van der Waals surface area contributed by atoms with Gasteiger partial charge in [0.1, 0.15) is 5.82 Å². The number of halogens is 2. The first-order valence-corrected chi connectivity index (χ1v) is 8.12. The summed E-state index contributed by atoms with van der Waals surface area (Å²) in [6.45, 7) is 0.533. The van der Waals surface area contributed by atoms with E-state index >= 15 is 0 Å². The van der Waals surface area contributed by atoms with Crippen LogP contribution in [0.3, 0.4) is 0 Å². The fourth-order valence-corrected chi connectivity index (χ4v) is 2.42. The Kier molecular flexibility index (Phi) is 5.58. The van der Waals surface area contributed by atoms with Crippen LogP contribution in [-0.4, -0.2) is 45.4 Å². The molecule has 0 fully saturated rings. The zero-order valence-corrected chi connectivity index (χ0v) is 14.9. The number of nitrogens with one attached hydrogen (secondary N) is 3. The number of aromatic nitrogens is 2. The van der Waals surface area contributed by atoms with Crippen LogP contribution < -0.4 is 16.1 Å². The molecule has 1 aromatic carbocycles.